The number of hydrogen-bond acceptors (Lipinski definition) is 5. The summed E-state index contributed by atoms with van der Waals surface area (Å²) in [7, 11) is -6.87. The minimum atomic E-state index is -3.79. The lowest BCUT2D eigenvalue weighted by molar-refractivity contribution is 0.484. The Kier molecular flexibility index (Phi) is 4.98. The van der Waals surface area contributed by atoms with Gasteiger partial charge in [0, 0.05) is 6.04 Å². The van der Waals surface area contributed by atoms with Crippen LogP contribution < -0.4 is 4.72 Å². The van der Waals surface area contributed by atoms with Crippen LogP contribution in [0.5, 0.6) is 0 Å². The summed E-state index contributed by atoms with van der Waals surface area (Å²) in [6.07, 6.45) is 0.456. The summed E-state index contributed by atoms with van der Waals surface area (Å²) in [5.41, 5.74) is 1.71. The number of aryl methyl sites for hydroxylation is 1. The molecule has 26 heavy (non-hydrogen) atoms. The molecule has 1 aromatic heterocycles. The fraction of sp³-hybridized carbons (Fsp3) is 0.471. The molecule has 3 rings (SSSR count). The molecule has 2 heterocycles. The first-order chi connectivity index (χ1) is 12.1. The van der Waals surface area contributed by atoms with Crippen molar-refractivity contribution in [3.8, 4) is 0 Å². The second-order valence-corrected chi connectivity index (χ2v) is 10.6. The lowest BCUT2D eigenvalue weighted by Gasteiger charge is -2.15. The van der Waals surface area contributed by atoms with Gasteiger partial charge < -0.3 is 0 Å². The average molecular weight is 398 g/mol. The number of sulfone groups is 1. The van der Waals surface area contributed by atoms with Crippen LogP contribution in [0.2, 0.25) is 0 Å². The van der Waals surface area contributed by atoms with Gasteiger partial charge >= 0.3 is 0 Å². The van der Waals surface area contributed by atoms with Crippen molar-refractivity contribution < 1.29 is 16.8 Å². The highest BCUT2D eigenvalue weighted by atomic mass is 32.2. The van der Waals surface area contributed by atoms with E-state index in [0.29, 0.717) is 17.8 Å². The molecule has 9 heteroatoms. The van der Waals surface area contributed by atoms with Gasteiger partial charge in [0.1, 0.15) is 4.90 Å². The van der Waals surface area contributed by atoms with Crippen LogP contribution in [0.4, 0.5) is 0 Å². The summed E-state index contributed by atoms with van der Waals surface area (Å²) in [5.74, 6) is 0.115. The van der Waals surface area contributed by atoms with Gasteiger partial charge in [0.25, 0.3) is 0 Å². The van der Waals surface area contributed by atoms with E-state index in [1.165, 1.54) is 0 Å². The summed E-state index contributed by atoms with van der Waals surface area (Å²) in [5, 5.41) is 4.34. The monoisotopic (exact) mass is 397 g/mol. The second-order valence-electron chi connectivity index (χ2n) is 6.76. The van der Waals surface area contributed by atoms with Crippen LogP contribution in [0.3, 0.4) is 0 Å². The van der Waals surface area contributed by atoms with E-state index in [0.717, 1.165) is 5.56 Å². The molecule has 1 N–H and O–H groups in total. The number of nitrogens with zero attached hydrogens (tertiary/aromatic N) is 2. The smallest absolute Gasteiger partial charge is 0.244 e. The fourth-order valence-electron chi connectivity index (χ4n) is 3.46. The molecule has 0 bridgehead atoms. The lowest BCUT2D eigenvalue weighted by atomic mass is 10.1. The highest BCUT2D eigenvalue weighted by Gasteiger charge is 2.34. The number of rotatable bonds is 5. The summed E-state index contributed by atoms with van der Waals surface area (Å²) in [4.78, 5) is 0.129. The SMILES string of the molecule is Cc1nn([C@@H]2CCS(=O)(=O)C2)c(C)c1S(=O)(=O)N[C@H](C)c1ccccc1. The highest BCUT2D eigenvalue weighted by Crippen LogP contribution is 2.29. The van der Waals surface area contributed by atoms with E-state index < -0.39 is 25.9 Å². The van der Waals surface area contributed by atoms with Gasteiger partial charge in [-0.25, -0.2) is 21.6 Å². The molecule has 1 fully saturated rings. The van der Waals surface area contributed by atoms with Gasteiger partial charge in [0.15, 0.2) is 9.84 Å². The van der Waals surface area contributed by atoms with Crippen LogP contribution in [0, 0.1) is 13.8 Å². The van der Waals surface area contributed by atoms with Crippen molar-refractivity contribution in [2.75, 3.05) is 11.5 Å². The summed E-state index contributed by atoms with van der Waals surface area (Å²) < 4.78 is 53.6. The lowest BCUT2D eigenvalue weighted by Crippen LogP contribution is -2.28. The van der Waals surface area contributed by atoms with Crippen LogP contribution in [-0.4, -0.2) is 38.1 Å². The van der Waals surface area contributed by atoms with Crippen molar-refractivity contribution >= 4 is 19.9 Å². The van der Waals surface area contributed by atoms with Crippen molar-refractivity contribution in [2.45, 2.75) is 44.2 Å². The second kappa shape index (κ2) is 6.79. The molecule has 0 spiro atoms. The molecule has 0 radical (unpaired) electrons. The predicted molar refractivity (Wildman–Crippen MR) is 99.2 cm³/mol. The van der Waals surface area contributed by atoms with Crippen LogP contribution in [-0.2, 0) is 19.9 Å². The summed E-state index contributed by atoms with van der Waals surface area (Å²) in [6, 6.07) is 8.60. The third-order valence-corrected chi connectivity index (χ3v) is 8.26. The van der Waals surface area contributed by atoms with E-state index in [4.69, 9.17) is 0 Å². The van der Waals surface area contributed by atoms with Gasteiger partial charge in [0.05, 0.1) is 28.9 Å². The maximum atomic E-state index is 12.9. The Bertz CT molecular complexity index is 1010. The molecule has 1 aliphatic heterocycles. The maximum absolute atomic E-state index is 12.9. The molecule has 2 atom stereocenters. The zero-order valence-corrected chi connectivity index (χ0v) is 16.6. The Balaban J connectivity index is 1.91. The van der Waals surface area contributed by atoms with Crippen LogP contribution >= 0.6 is 0 Å². The number of benzene rings is 1. The first kappa shape index (κ1) is 19.1. The molecule has 1 aromatic carbocycles. The van der Waals surface area contributed by atoms with Gasteiger partial charge in [0.2, 0.25) is 10.0 Å². The summed E-state index contributed by atoms with van der Waals surface area (Å²) in [6.45, 7) is 5.09. The third kappa shape index (κ3) is 3.70. The Morgan fingerprint density at radius 2 is 1.88 bits per heavy atom. The molecule has 0 saturated carbocycles. The van der Waals surface area contributed by atoms with Gasteiger partial charge in [-0.15, -0.1) is 0 Å². The van der Waals surface area contributed by atoms with Gasteiger partial charge in [-0.1, -0.05) is 30.3 Å². The zero-order valence-electron chi connectivity index (χ0n) is 15.0. The molecule has 0 aliphatic carbocycles. The van der Waals surface area contributed by atoms with E-state index in [9.17, 15) is 16.8 Å². The highest BCUT2D eigenvalue weighted by molar-refractivity contribution is 7.91. The van der Waals surface area contributed by atoms with Gasteiger partial charge in [-0.05, 0) is 32.8 Å². The number of hydrogen-bond donors (Lipinski definition) is 1. The van der Waals surface area contributed by atoms with E-state index in [-0.39, 0.29) is 22.4 Å². The van der Waals surface area contributed by atoms with E-state index >= 15 is 0 Å². The molecule has 0 amide bonds. The van der Waals surface area contributed by atoms with Crippen molar-refractivity contribution in [1.82, 2.24) is 14.5 Å². The topological polar surface area (TPSA) is 98.1 Å². The molecular weight excluding hydrogens is 374 g/mol. The molecule has 1 saturated heterocycles. The Morgan fingerprint density at radius 1 is 1.23 bits per heavy atom. The molecule has 7 nitrogen and oxygen atoms in total. The minimum absolute atomic E-state index is 0.00228. The first-order valence-electron chi connectivity index (χ1n) is 8.44. The van der Waals surface area contributed by atoms with Gasteiger partial charge in [-0.3, -0.25) is 4.68 Å². The van der Waals surface area contributed by atoms with Crippen LogP contribution in [0.1, 0.15) is 42.4 Å². The molecular formula is C17H23N3O4S2. The van der Waals surface area contributed by atoms with E-state index in [1.54, 1.807) is 25.5 Å². The molecule has 2 aromatic rings. The van der Waals surface area contributed by atoms with E-state index in [1.807, 2.05) is 30.3 Å². The molecule has 142 valence electrons. The predicted octanol–water partition coefficient (Wildman–Crippen LogP) is 1.90. The van der Waals surface area contributed by atoms with Crippen molar-refractivity contribution in [3.05, 3.63) is 47.3 Å². The molecule has 0 unspecified atom stereocenters. The number of nitrogens with one attached hydrogen (secondary N) is 1. The largest absolute Gasteiger partial charge is 0.264 e. The minimum Gasteiger partial charge on any atom is -0.264 e. The van der Waals surface area contributed by atoms with Crippen molar-refractivity contribution in [2.24, 2.45) is 0 Å². The Labute approximate surface area is 154 Å². The number of sulfonamides is 1. The van der Waals surface area contributed by atoms with Crippen molar-refractivity contribution in [1.29, 1.82) is 0 Å². The van der Waals surface area contributed by atoms with Crippen LogP contribution in [0.25, 0.3) is 0 Å². The first-order valence-corrected chi connectivity index (χ1v) is 11.7. The summed E-state index contributed by atoms with van der Waals surface area (Å²) >= 11 is 0. The number of aromatic nitrogens is 2. The van der Waals surface area contributed by atoms with Crippen LogP contribution in [0.15, 0.2) is 35.2 Å². The third-order valence-electron chi connectivity index (χ3n) is 4.71. The standard InChI is InChI=1S/C17H23N3O4S2/c1-12(15-7-5-4-6-8-15)19-26(23,24)17-13(2)18-20(14(17)3)16-9-10-25(21,22)11-16/h4-8,12,16,19H,9-11H2,1-3H3/t12-,16-/m1/s1. The normalized spacial score (nSPS) is 21.0. The zero-order chi connectivity index (χ0) is 19.1. The van der Waals surface area contributed by atoms with Gasteiger partial charge in [-0.2, -0.15) is 5.10 Å². The fourth-order valence-corrected chi connectivity index (χ4v) is 6.79. The van der Waals surface area contributed by atoms with E-state index in [2.05, 4.69) is 9.82 Å². The molecule has 1 aliphatic rings. The average Bonchev–Trinajstić information content (AvgIpc) is 3.06. The Morgan fingerprint density at radius 3 is 2.46 bits per heavy atom. The van der Waals surface area contributed by atoms with Crippen molar-refractivity contribution in [3.63, 3.8) is 0 Å². The maximum Gasteiger partial charge on any atom is 0.244 e. The Hall–Kier alpha value is -1.71. The quantitative estimate of drug-likeness (QED) is 0.831.